The van der Waals surface area contributed by atoms with E-state index in [2.05, 4.69) is 15.2 Å². The summed E-state index contributed by atoms with van der Waals surface area (Å²) in [6.45, 7) is 0. The lowest BCUT2D eigenvalue weighted by atomic mass is 10.2. The molecular weight excluding hydrogens is 334 g/mol. The number of aromatic nitrogens is 4. The SMILES string of the molecule is COc1ccc(-c2nnc(SCc3ccc(Cl)nc3)n2N)cc1. The first kappa shape index (κ1) is 15.6. The summed E-state index contributed by atoms with van der Waals surface area (Å²) in [5, 5.41) is 9.40. The van der Waals surface area contributed by atoms with E-state index in [1.807, 2.05) is 30.3 Å². The van der Waals surface area contributed by atoms with Crippen molar-refractivity contribution >= 4 is 23.4 Å². The van der Waals surface area contributed by atoms with E-state index in [9.17, 15) is 0 Å². The van der Waals surface area contributed by atoms with Gasteiger partial charge in [-0.3, -0.25) is 0 Å². The van der Waals surface area contributed by atoms with Gasteiger partial charge in [0.05, 0.1) is 7.11 Å². The van der Waals surface area contributed by atoms with Crippen molar-refractivity contribution in [2.45, 2.75) is 10.9 Å². The van der Waals surface area contributed by atoms with Gasteiger partial charge in [-0.1, -0.05) is 29.4 Å². The molecule has 0 fully saturated rings. The van der Waals surface area contributed by atoms with E-state index in [0.29, 0.717) is 21.9 Å². The standard InChI is InChI=1S/C15H14ClN5OS/c1-22-12-5-3-11(4-6-12)14-19-20-15(21(14)17)23-9-10-2-7-13(16)18-8-10/h2-8H,9,17H2,1H3. The van der Waals surface area contributed by atoms with Gasteiger partial charge in [-0.2, -0.15) is 0 Å². The lowest BCUT2D eigenvalue weighted by Crippen LogP contribution is -2.11. The quantitative estimate of drug-likeness (QED) is 0.434. The van der Waals surface area contributed by atoms with Crippen LogP contribution in [0.1, 0.15) is 5.56 Å². The van der Waals surface area contributed by atoms with Crippen molar-refractivity contribution < 1.29 is 4.74 Å². The number of nitrogens with zero attached hydrogens (tertiary/aromatic N) is 4. The molecule has 0 atom stereocenters. The van der Waals surface area contributed by atoms with Crippen molar-refractivity contribution in [2.75, 3.05) is 13.0 Å². The van der Waals surface area contributed by atoms with Crippen LogP contribution in [0.2, 0.25) is 5.15 Å². The lowest BCUT2D eigenvalue weighted by Gasteiger charge is -2.05. The Morgan fingerprint density at radius 1 is 1.17 bits per heavy atom. The Labute approximate surface area is 142 Å². The smallest absolute Gasteiger partial charge is 0.210 e. The van der Waals surface area contributed by atoms with Crippen molar-refractivity contribution in [3.63, 3.8) is 0 Å². The van der Waals surface area contributed by atoms with Gasteiger partial charge in [-0.05, 0) is 35.9 Å². The molecule has 2 heterocycles. The number of benzene rings is 1. The van der Waals surface area contributed by atoms with Gasteiger partial charge >= 0.3 is 0 Å². The summed E-state index contributed by atoms with van der Waals surface area (Å²) >= 11 is 7.26. The van der Waals surface area contributed by atoms with E-state index in [4.69, 9.17) is 22.2 Å². The monoisotopic (exact) mass is 347 g/mol. The second-order valence-corrected chi connectivity index (χ2v) is 6.01. The number of halogens is 1. The highest BCUT2D eigenvalue weighted by molar-refractivity contribution is 7.98. The van der Waals surface area contributed by atoms with E-state index in [1.54, 1.807) is 19.4 Å². The number of pyridine rings is 1. The van der Waals surface area contributed by atoms with Crippen LogP contribution in [-0.2, 0) is 5.75 Å². The van der Waals surface area contributed by atoms with Crippen LogP contribution in [0.4, 0.5) is 0 Å². The number of ether oxygens (including phenoxy) is 1. The minimum Gasteiger partial charge on any atom is -0.497 e. The van der Waals surface area contributed by atoms with E-state index >= 15 is 0 Å². The van der Waals surface area contributed by atoms with Gasteiger partial charge in [0.15, 0.2) is 5.82 Å². The van der Waals surface area contributed by atoms with Gasteiger partial charge < -0.3 is 10.6 Å². The average Bonchev–Trinajstić information content (AvgIpc) is 2.95. The summed E-state index contributed by atoms with van der Waals surface area (Å²) < 4.78 is 6.62. The molecule has 0 unspecified atom stereocenters. The number of methoxy groups -OCH3 is 1. The number of rotatable bonds is 5. The third-order valence-corrected chi connectivity index (χ3v) is 4.41. The first-order chi connectivity index (χ1) is 11.2. The number of nitrogen functional groups attached to an aromatic ring is 1. The van der Waals surface area contributed by atoms with Crippen molar-refractivity contribution in [3.8, 4) is 17.1 Å². The molecule has 0 radical (unpaired) electrons. The zero-order valence-electron chi connectivity index (χ0n) is 12.3. The van der Waals surface area contributed by atoms with Crippen LogP contribution in [0.5, 0.6) is 5.75 Å². The second-order valence-electron chi connectivity index (χ2n) is 4.68. The zero-order valence-corrected chi connectivity index (χ0v) is 13.9. The Morgan fingerprint density at radius 3 is 2.61 bits per heavy atom. The molecule has 0 saturated heterocycles. The molecule has 0 aliphatic rings. The maximum atomic E-state index is 6.10. The van der Waals surface area contributed by atoms with Crippen molar-refractivity contribution in [1.29, 1.82) is 0 Å². The molecule has 3 rings (SSSR count). The number of nitrogens with two attached hydrogens (primary N) is 1. The van der Waals surface area contributed by atoms with Gasteiger partial charge in [0.1, 0.15) is 10.9 Å². The van der Waals surface area contributed by atoms with E-state index in [-0.39, 0.29) is 0 Å². The minimum absolute atomic E-state index is 0.475. The molecule has 8 heteroatoms. The third kappa shape index (κ3) is 3.57. The molecule has 6 nitrogen and oxygen atoms in total. The molecule has 2 aromatic heterocycles. The van der Waals surface area contributed by atoms with Crippen LogP contribution >= 0.6 is 23.4 Å². The third-order valence-electron chi connectivity index (χ3n) is 3.17. The maximum Gasteiger partial charge on any atom is 0.210 e. The van der Waals surface area contributed by atoms with E-state index in [1.165, 1.54) is 16.4 Å². The Bertz CT molecular complexity index is 789. The van der Waals surface area contributed by atoms with Gasteiger partial charge in [-0.25, -0.2) is 9.66 Å². The number of thioether (sulfide) groups is 1. The second kappa shape index (κ2) is 6.89. The Hall–Kier alpha value is -2.25. The van der Waals surface area contributed by atoms with E-state index in [0.717, 1.165) is 16.9 Å². The molecule has 0 spiro atoms. The summed E-state index contributed by atoms with van der Waals surface area (Å²) in [5.74, 6) is 8.16. The minimum atomic E-state index is 0.475. The molecule has 0 bridgehead atoms. The van der Waals surface area contributed by atoms with Crippen LogP contribution in [0.15, 0.2) is 47.8 Å². The number of hydrogen-bond acceptors (Lipinski definition) is 6. The Morgan fingerprint density at radius 2 is 1.96 bits per heavy atom. The maximum absolute atomic E-state index is 6.10. The Balaban J connectivity index is 1.74. The highest BCUT2D eigenvalue weighted by Gasteiger charge is 2.12. The van der Waals surface area contributed by atoms with Gasteiger partial charge in [0.2, 0.25) is 5.16 Å². The van der Waals surface area contributed by atoms with Gasteiger partial charge in [0, 0.05) is 17.5 Å². The summed E-state index contributed by atoms with van der Waals surface area (Å²) in [6, 6.07) is 11.2. The molecular formula is C15H14ClN5OS. The first-order valence-electron chi connectivity index (χ1n) is 6.75. The van der Waals surface area contributed by atoms with Crippen LogP contribution in [0.25, 0.3) is 11.4 Å². The largest absolute Gasteiger partial charge is 0.497 e. The van der Waals surface area contributed by atoms with Gasteiger partial charge in [-0.15, -0.1) is 10.2 Å². The number of hydrogen-bond donors (Lipinski definition) is 1. The fraction of sp³-hybridized carbons (Fsp3) is 0.133. The molecule has 23 heavy (non-hydrogen) atoms. The predicted molar refractivity (Wildman–Crippen MR) is 91.0 cm³/mol. The summed E-state index contributed by atoms with van der Waals surface area (Å²) in [4.78, 5) is 4.05. The van der Waals surface area contributed by atoms with Crippen LogP contribution in [-0.4, -0.2) is 27.0 Å². The molecule has 1 aromatic carbocycles. The molecule has 2 N–H and O–H groups in total. The summed E-state index contributed by atoms with van der Waals surface area (Å²) in [6.07, 6.45) is 1.73. The summed E-state index contributed by atoms with van der Waals surface area (Å²) in [5.41, 5.74) is 1.91. The van der Waals surface area contributed by atoms with Crippen LogP contribution in [0, 0.1) is 0 Å². The fourth-order valence-electron chi connectivity index (χ4n) is 1.95. The highest BCUT2D eigenvalue weighted by atomic mass is 35.5. The fourth-order valence-corrected chi connectivity index (χ4v) is 2.85. The summed E-state index contributed by atoms with van der Waals surface area (Å²) in [7, 11) is 1.63. The molecule has 3 aromatic rings. The predicted octanol–water partition coefficient (Wildman–Crippen LogP) is 3.01. The van der Waals surface area contributed by atoms with E-state index < -0.39 is 0 Å². The molecule has 0 saturated carbocycles. The van der Waals surface area contributed by atoms with Gasteiger partial charge in [0.25, 0.3) is 0 Å². The Kier molecular flexibility index (Phi) is 4.68. The highest BCUT2D eigenvalue weighted by Crippen LogP contribution is 2.25. The van der Waals surface area contributed by atoms with Crippen molar-refractivity contribution in [1.82, 2.24) is 19.9 Å². The van der Waals surface area contributed by atoms with Crippen molar-refractivity contribution in [3.05, 3.63) is 53.3 Å². The zero-order chi connectivity index (χ0) is 16.2. The first-order valence-corrected chi connectivity index (χ1v) is 8.12. The molecule has 0 amide bonds. The molecule has 0 aliphatic heterocycles. The average molecular weight is 348 g/mol. The van der Waals surface area contributed by atoms with Crippen LogP contribution in [0.3, 0.4) is 0 Å². The van der Waals surface area contributed by atoms with Crippen LogP contribution < -0.4 is 10.6 Å². The van der Waals surface area contributed by atoms with Crippen molar-refractivity contribution in [2.24, 2.45) is 0 Å². The molecule has 0 aliphatic carbocycles. The normalized spacial score (nSPS) is 10.7. The topological polar surface area (TPSA) is 78.9 Å². The molecule has 118 valence electrons. The lowest BCUT2D eigenvalue weighted by molar-refractivity contribution is 0.415.